The Bertz CT molecular complexity index is 2190. The maximum absolute atomic E-state index is 17.5. The van der Waals surface area contributed by atoms with E-state index in [0.717, 1.165) is 18.4 Å². The van der Waals surface area contributed by atoms with Crippen LogP contribution in [0, 0.1) is 57.2 Å². The van der Waals surface area contributed by atoms with Crippen molar-refractivity contribution in [2.45, 2.75) is 186 Å². The summed E-state index contributed by atoms with van der Waals surface area (Å²) in [4.78, 5) is 76.9. The Labute approximate surface area is 400 Å². The first-order chi connectivity index (χ1) is 32.0. The van der Waals surface area contributed by atoms with Crippen LogP contribution < -0.4 is 0 Å². The van der Waals surface area contributed by atoms with Gasteiger partial charge in [-0.1, -0.05) is 63.8 Å². The molecular weight excluding hydrogens is 872 g/mol. The van der Waals surface area contributed by atoms with Gasteiger partial charge in [0.2, 0.25) is 5.78 Å². The summed E-state index contributed by atoms with van der Waals surface area (Å²) < 4.78 is 28.2. The Morgan fingerprint density at radius 1 is 0.706 bits per heavy atom. The lowest BCUT2D eigenvalue weighted by molar-refractivity contribution is -0.218. The van der Waals surface area contributed by atoms with Gasteiger partial charge in [-0.05, 0) is 145 Å². The molecule has 374 valence electrons. The highest BCUT2D eigenvalue weighted by Gasteiger charge is 2.75. The van der Waals surface area contributed by atoms with E-state index in [0.29, 0.717) is 76.2 Å². The van der Waals surface area contributed by atoms with E-state index in [1.807, 2.05) is 26.8 Å². The van der Waals surface area contributed by atoms with Gasteiger partial charge < -0.3 is 29.9 Å². The molecule has 0 spiro atoms. The SMILES string of the molecule is C[C@@H]1CC2C3CCC4=CC(=O)C=C[C@]4(C)[C@@]3(F)[C@@H](O)C[C@]2(C)[C@@]1(O)C(=O)CCCCCCC(=O)OCCCCCC(=O)OCC(=O)[C@@]1(O)CCC2C3CCC4=CC(=O)C=C[C@]4(C)C3[C@@H](O)C[C@@]21C. The zero-order valence-electron chi connectivity index (χ0n) is 40.9. The third-order valence-corrected chi connectivity index (χ3v) is 19.9. The van der Waals surface area contributed by atoms with Crippen molar-refractivity contribution in [1.29, 1.82) is 0 Å². The molecule has 8 aliphatic rings. The van der Waals surface area contributed by atoms with Crippen molar-refractivity contribution in [1.82, 2.24) is 0 Å². The minimum Gasteiger partial charge on any atom is -0.466 e. The van der Waals surface area contributed by atoms with E-state index in [1.54, 1.807) is 25.2 Å². The van der Waals surface area contributed by atoms with Gasteiger partial charge in [0.25, 0.3) is 0 Å². The second kappa shape index (κ2) is 18.5. The van der Waals surface area contributed by atoms with E-state index in [4.69, 9.17) is 9.47 Å². The number of ether oxygens (including phenoxy) is 2. The lowest BCUT2D eigenvalue weighted by Crippen LogP contribution is -2.69. The van der Waals surface area contributed by atoms with Crippen LogP contribution in [-0.2, 0) is 38.2 Å². The molecule has 6 fully saturated rings. The number of carbonyl (C=O) groups excluding carboxylic acids is 6. The van der Waals surface area contributed by atoms with Gasteiger partial charge >= 0.3 is 11.9 Å². The number of unbranched alkanes of at least 4 members (excludes halogenated alkanes) is 5. The lowest BCUT2D eigenvalue weighted by atomic mass is 9.44. The average molecular weight is 947 g/mol. The maximum Gasteiger partial charge on any atom is 0.306 e. The Kier molecular flexibility index (Phi) is 13.8. The fourth-order valence-electron chi connectivity index (χ4n) is 16.2. The number of carbonyl (C=O) groups is 6. The van der Waals surface area contributed by atoms with Gasteiger partial charge in [-0.15, -0.1) is 0 Å². The summed E-state index contributed by atoms with van der Waals surface area (Å²) >= 11 is 0. The standard InChI is InChI=1S/C55H75FO12/c1-33-27-41-40-19-17-35-29-37(58)21-24-50(35,3)54(40,56)44(61)31-52(41,5)55(33,66)43(60)13-9-6-7-10-14-46(63)67-26-12-8-11-15-47(64)68-32-45(62)53(65)25-22-39-38-18-16-34-28-36(57)20-23-49(34,2)48(38)42(59)30-51(39,53)4/h20-21,23-24,28-29,33,38-42,44,48,59,61,65-66H,6-19,22,25-27,30-32H2,1-5H3/t33-,38?,39?,40?,41?,42+,44+,48?,49+,50+,51+,52+,53+,54+,55+/m1/s1. The van der Waals surface area contributed by atoms with Crippen LogP contribution >= 0.6 is 0 Å². The first-order valence-electron chi connectivity index (χ1n) is 25.8. The van der Waals surface area contributed by atoms with Crippen LogP contribution in [0.2, 0.25) is 0 Å². The number of hydrogen-bond donors (Lipinski definition) is 4. The highest BCUT2D eigenvalue weighted by molar-refractivity contribution is 6.02. The van der Waals surface area contributed by atoms with Crippen LogP contribution in [0.25, 0.3) is 0 Å². The predicted molar refractivity (Wildman–Crippen MR) is 249 cm³/mol. The smallest absolute Gasteiger partial charge is 0.306 e. The molecule has 4 N–H and O–H groups in total. The van der Waals surface area contributed by atoms with Crippen molar-refractivity contribution in [3.63, 3.8) is 0 Å². The number of halogens is 1. The zero-order valence-corrected chi connectivity index (χ0v) is 40.9. The molecular formula is C55H75FO12. The summed E-state index contributed by atoms with van der Waals surface area (Å²) in [6, 6.07) is 0. The minimum atomic E-state index is -2.02. The van der Waals surface area contributed by atoms with E-state index < -0.39 is 80.9 Å². The molecule has 0 aromatic carbocycles. The van der Waals surface area contributed by atoms with Crippen molar-refractivity contribution in [2.75, 3.05) is 13.2 Å². The number of aliphatic hydroxyl groups excluding tert-OH is 2. The molecule has 8 aliphatic carbocycles. The molecule has 8 rings (SSSR count). The predicted octanol–water partition coefficient (Wildman–Crippen LogP) is 7.47. The van der Waals surface area contributed by atoms with Crippen LogP contribution in [-0.4, -0.2) is 97.8 Å². The fraction of sp³-hybridized carbons (Fsp3) is 0.745. The summed E-state index contributed by atoms with van der Waals surface area (Å²) in [6.45, 7) is 9.10. The van der Waals surface area contributed by atoms with Crippen molar-refractivity contribution in [2.24, 2.45) is 57.2 Å². The largest absolute Gasteiger partial charge is 0.466 e. The van der Waals surface area contributed by atoms with Gasteiger partial charge in [0.1, 0.15) is 11.2 Å². The topological polar surface area (TPSA) is 202 Å². The number of Topliss-reactive ketones (excluding diaryl/α,β-unsaturated/α-hetero) is 2. The Morgan fingerprint density at radius 2 is 1.32 bits per heavy atom. The van der Waals surface area contributed by atoms with Gasteiger partial charge in [-0.25, -0.2) is 4.39 Å². The quantitative estimate of drug-likeness (QED) is 0.0829. The second-order valence-electron chi connectivity index (χ2n) is 23.2. The third kappa shape index (κ3) is 7.90. The summed E-state index contributed by atoms with van der Waals surface area (Å²) in [7, 11) is 0. The average Bonchev–Trinajstić information content (AvgIpc) is 3.67. The fourth-order valence-corrected chi connectivity index (χ4v) is 16.2. The van der Waals surface area contributed by atoms with Crippen molar-refractivity contribution in [3.05, 3.63) is 47.6 Å². The molecule has 68 heavy (non-hydrogen) atoms. The van der Waals surface area contributed by atoms with Gasteiger partial charge in [0.05, 0.1) is 18.8 Å². The highest BCUT2D eigenvalue weighted by atomic mass is 19.1. The zero-order chi connectivity index (χ0) is 49.2. The first kappa shape index (κ1) is 50.7. The minimum absolute atomic E-state index is 0.00220. The van der Waals surface area contributed by atoms with Crippen LogP contribution in [0.1, 0.15) is 157 Å². The van der Waals surface area contributed by atoms with Crippen molar-refractivity contribution < 1.29 is 63.1 Å². The number of alkyl halides is 1. The summed E-state index contributed by atoms with van der Waals surface area (Å²) in [6.07, 6.45) is 16.0. The molecule has 0 heterocycles. The van der Waals surface area contributed by atoms with Crippen LogP contribution in [0.5, 0.6) is 0 Å². The number of ketones is 4. The molecule has 6 saturated carbocycles. The van der Waals surface area contributed by atoms with Gasteiger partial charge in [0, 0.05) is 52.8 Å². The molecule has 15 atom stereocenters. The molecule has 13 heteroatoms. The Balaban J connectivity index is 0.698. The van der Waals surface area contributed by atoms with Gasteiger partial charge in [-0.3, -0.25) is 28.8 Å². The molecule has 0 bridgehead atoms. The molecule has 0 saturated heterocycles. The Morgan fingerprint density at radius 3 is 2.03 bits per heavy atom. The second-order valence-corrected chi connectivity index (χ2v) is 23.2. The third-order valence-electron chi connectivity index (χ3n) is 19.9. The lowest BCUT2D eigenvalue weighted by Gasteiger charge is -2.62. The van der Waals surface area contributed by atoms with Gasteiger partial charge in [-0.2, -0.15) is 0 Å². The number of aliphatic hydroxyl groups is 4. The number of esters is 2. The molecule has 0 aliphatic heterocycles. The van der Waals surface area contributed by atoms with E-state index in [9.17, 15) is 49.2 Å². The first-order valence-corrected chi connectivity index (χ1v) is 25.8. The number of hydrogen-bond acceptors (Lipinski definition) is 12. The molecule has 0 radical (unpaired) electrons. The van der Waals surface area contributed by atoms with Crippen molar-refractivity contribution >= 4 is 35.1 Å². The maximum atomic E-state index is 17.5. The summed E-state index contributed by atoms with van der Waals surface area (Å²) in [5.74, 6) is -3.27. The number of rotatable bonds is 17. The van der Waals surface area contributed by atoms with Crippen LogP contribution in [0.4, 0.5) is 4.39 Å². The molecule has 0 aromatic rings. The molecule has 12 nitrogen and oxygen atoms in total. The monoisotopic (exact) mass is 947 g/mol. The van der Waals surface area contributed by atoms with Crippen LogP contribution in [0.3, 0.4) is 0 Å². The van der Waals surface area contributed by atoms with Crippen LogP contribution in [0.15, 0.2) is 47.6 Å². The number of fused-ring (bicyclic) bond motifs is 10. The van der Waals surface area contributed by atoms with Gasteiger partial charge in [0.15, 0.2) is 29.6 Å². The molecule has 0 aromatic heterocycles. The summed E-state index contributed by atoms with van der Waals surface area (Å²) in [5, 5.41) is 47.4. The molecule has 0 amide bonds. The van der Waals surface area contributed by atoms with E-state index in [-0.39, 0.29) is 92.1 Å². The number of allylic oxidation sites excluding steroid dienone is 8. The van der Waals surface area contributed by atoms with Crippen molar-refractivity contribution in [3.8, 4) is 0 Å². The van der Waals surface area contributed by atoms with E-state index in [2.05, 4.69) is 6.92 Å². The normalized spacial score (nSPS) is 43.2. The molecule has 5 unspecified atom stereocenters. The summed E-state index contributed by atoms with van der Waals surface area (Å²) in [5.41, 5.74) is -7.20. The Hall–Kier alpha value is -3.65. The van der Waals surface area contributed by atoms with E-state index >= 15 is 4.39 Å². The highest BCUT2D eigenvalue weighted by Crippen LogP contribution is 2.71. The van der Waals surface area contributed by atoms with E-state index in [1.165, 1.54) is 12.2 Å².